The Bertz CT molecular complexity index is 1430. The minimum absolute atomic E-state index is 0.0176. The van der Waals surface area contributed by atoms with E-state index in [9.17, 15) is 13.2 Å². The van der Waals surface area contributed by atoms with E-state index in [1.807, 2.05) is 47.8 Å². The highest BCUT2D eigenvalue weighted by molar-refractivity contribution is 8.00. The number of rotatable bonds is 6. The number of carbonyl (C=O) groups is 1. The summed E-state index contributed by atoms with van der Waals surface area (Å²) < 4.78 is 25.3. The first-order valence-electron chi connectivity index (χ1n) is 9.97. The van der Waals surface area contributed by atoms with E-state index in [4.69, 9.17) is 4.98 Å². The van der Waals surface area contributed by atoms with Crippen molar-refractivity contribution in [3.05, 3.63) is 71.1 Å². The number of hydrogen-bond acceptors (Lipinski definition) is 7. The van der Waals surface area contributed by atoms with Gasteiger partial charge in [0, 0.05) is 17.5 Å². The number of thioether (sulfide) groups is 1. The Morgan fingerprint density at radius 2 is 1.97 bits per heavy atom. The number of thiophene rings is 1. The molecule has 0 saturated carbocycles. The molecule has 0 saturated heterocycles. The van der Waals surface area contributed by atoms with E-state index in [0.29, 0.717) is 30.0 Å². The maximum atomic E-state index is 13.0. The third-order valence-corrected chi connectivity index (χ3v) is 8.34. The molecule has 6 nitrogen and oxygen atoms in total. The quantitative estimate of drug-likeness (QED) is 0.226. The number of hydrogen-bond donors (Lipinski definition) is 0. The smallest absolute Gasteiger partial charge is 0.232 e. The molecule has 2 aromatic carbocycles. The number of sulfonamides is 1. The lowest BCUT2D eigenvalue weighted by Crippen LogP contribution is -2.27. The second-order valence-electron chi connectivity index (χ2n) is 7.49. The zero-order valence-corrected chi connectivity index (χ0v) is 19.6. The second-order valence-corrected chi connectivity index (χ2v) is 11.3. The zero-order chi connectivity index (χ0) is 22.3. The van der Waals surface area contributed by atoms with Crippen LogP contribution in [-0.4, -0.2) is 42.7 Å². The number of aromatic nitrogens is 2. The fourth-order valence-corrected chi connectivity index (χ4v) is 6.31. The number of carbonyl (C=O) groups excluding carboxylic acids is 1. The minimum Gasteiger partial charge on any atom is -0.293 e. The molecule has 0 atom stereocenters. The van der Waals surface area contributed by atoms with Crippen LogP contribution in [0.5, 0.6) is 0 Å². The topological polar surface area (TPSA) is 80.2 Å². The number of anilines is 1. The third-order valence-electron chi connectivity index (χ3n) is 5.30. The molecular weight excluding hydrogens is 462 g/mol. The monoisotopic (exact) mass is 481 g/mol. The molecule has 0 bridgehead atoms. The van der Waals surface area contributed by atoms with Gasteiger partial charge < -0.3 is 0 Å². The van der Waals surface area contributed by atoms with Gasteiger partial charge in [-0.05, 0) is 47.7 Å². The number of para-hydroxylation sites is 1. The average molecular weight is 482 g/mol. The van der Waals surface area contributed by atoms with Gasteiger partial charge in [0.2, 0.25) is 10.0 Å². The van der Waals surface area contributed by atoms with Crippen molar-refractivity contribution in [3.63, 3.8) is 0 Å². The Balaban J connectivity index is 1.40. The van der Waals surface area contributed by atoms with Gasteiger partial charge in [-0.2, -0.15) is 0 Å². The lowest BCUT2D eigenvalue weighted by Gasteiger charge is -2.16. The van der Waals surface area contributed by atoms with Gasteiger partial charge in [-0.1, -0.05) is 36.0 Å². The van der Waals surface area contributed by atoms with E-state index in [-0.39, 0.29) is 11.5 Å². The van der Waals surface area contributed by atoms with Gasteiger partial charge in [0.25, 0.3) is 0 Å². The maximum Gasteiger partial charge on any atom is 0.232 e. The summed E-state index contributed by atoms with van der Waals surface area (Å²) in [5.74, 6) is 0.877. The van der Waals surface area contributed by atoms with E-state index in [0.717, 1.165) is 26.4 Å². The van der Waals surface area contributed by atoms with Crippen LogP contribution in [0.2, 0.25) is 0 Å². The maximum absolute atomic E-state index is 13.0. The van der Waals surface area contributed by atoms with Crippen molar-refractivity contribution in [2.75, 3.05) is 22.9 Å². The summed E-state index contributed by atoms with van der Waals surface area (Å²) in [5.41, 5.74) is 2.99. The normalized spacial score (nSPS) is 13.5. The highest BCUT2D eigenvalue weighted by Crippen LogP contribution is 2.33. The number of ketones is 1. The van der Waals surface area contributed by atoms with Crippen LogP contribution in [0.25, 0.3) is 21.6 Å². The zero-order valence-electron chi connectivity index (χ0n) is 17.2. The van der Waals surface area contributed by atoms with E-state index in [2.05, 4.69) is 4.98 Å². The largest absolute Gasteiger partial charge is 0.293 e. The first-order chi connectivity index (χ1) is 15.4. The average Bonchev–Trinajstić information content (AvgIpc) is 3.46. The Hall–Kier alpha value is -2.75. The predicted octanol–water partition coefficient (Wildman–Crippen LogP) is 4.66. The fourth-order valence-electron chi connectivity index (χ4n) is 3.78. The summed E-state index contributed by atoms with van der Waals surface area (Å²) in [6, 6.07) is 17.0. The second kappa shape index (κ2) is 8.31. The molecule has 9 heteroatoms. The number of Topliss-reactive ketones (excluding diaryl/α,β-unsaturated/α-hetero) is 1. The molecule has 0 spiro atoms. The van der Waals surface area contributed by atoms with Gasteiger partial charge in [0.1, 0.15) is 5.03 Å². The van der Waals surface area contributed by atoms with Crippen LogP contribution in [0.4, 0.5) is 5.69 Å². The summed E-state index contributed by atoms with van der Waals surface area (Å²) in [7, 11) is -3.31. The highest BCUT2D eigenvalue weighted by atomic mass is 32.2. The molecule has 3 heterocycles. The van der Waals surface area contributed by atoms with E-state index >= 15 is 0 Å². The molecule has 1 aliphatic heterocycles. The first kappa shape index (κ1) is 21.1. The van der Waals surface area contributed by atoms with Crippen molar-refractivity contribution < 1.29 is 13.2 Å². The van der Waals surface area contributed by atoms with Crippen molar-refractivity contribution in [3.8, 4) is 10.7 Å². The van der Waals surface area contributed by atoms with Gasteiger partial charge in [-0.25, -0.2) is 18.4 Å². The summed E-state index contributed by atoms with van der Waals surface area (Å²) >= 11 is 2.98. The van der Waals surface area contributed by atoms with Crippen LogP contribution in [0.15, 0.2) is 65.0 Å². The van der Waals surface area contributed by atoms with Crippen LogP contribution >= 0.6 is 23.1 Å². The first-order valence-corrected chi connectivity index (χ1v) is 13.7. The molecule has 162 valence electrons. The lowest BCUT2D eigenvalue weighted by atomic mass is 10.1. The third kappa shape index (κ3) is 4.03. The number of nitrogens with zero attached hydrogens (tertiary/aromatic N) is 3. The molecule has 0 radical (unpaired) electrons. The number of benzene rings is 2. The molecule has 0 aliphatic carbocycles. The van der Waals surface area contributed by atoms with Crippen molar-refractivity contribution in [1.82, 2.24) is 9.97 Å². The van der Waals surface area contributed by atoms with Crippen LogP contribution in [0.1, 0.15) is 15.9 Å². The SMILES string of the molecule is CS(=O)(=O)N1CCc2cc(C(=O)CSc3nc(-c4cccs4)nc4ccccc34)ccc21. The summed E-state index contributed by atoms with van der Waals surface area (Å²) in [6.45, 7) is 0.416. The van der Waals surface area contributed by atoms with Gasteiger partial charge in [0.15, 0.2) is 11.6 Å². The molecule has 5 rings (SSSR count). The molecule has 4 aromatic rings. The summed E-state index contributed by atoms with van der Waals surface area (Å²) in [4.78, 5) is 23.4. The molecule has 2 aromatic heterocycles. The Labute approximate surface area is 194 Å². The van der Waals surface area contributed by atoms with Gasteiger partial charge >= 0.3 is 0 Å². The van der Waals surface area contributed by atoms with E-state index in [1.54, 1.807) is 23.5 Å². The van der Waals surface area contributed by atoms with Crippen molar-refractivity contribution >= 4 is 55.5 Å². The van der Waals surface area contributed by atoms with Gasteiger partial charge in [0.05, 0.1) is 28.1 Å². The van der Waals surface area contributed by atoms with E-state index < -0.39 is 10.0 Å². The van der Waals surface area contributed by atoms with Crippen LogP contribution < -0.4 is 4.31 Å². The molecule has 32 heavy (non-hydrogen) atoms. The van der Waals surface area contributed by atoms with E-state index in [1.165, 1.54) is 22.3 Å². The summed E-state index contributed by atoms with van der Waals surface area (Å²) in [5, 5.41) is 3.68. The predicted molar refractivity (Wildman–Crippen MR) is 130 cm³/mol. The highest BCUT2D eigenvalue weighted by Gasteiger charge is 2.26. The van der Waals surface area contributed by atoms with Crippen molar-refractivity contribution in [1.29, 1.82) is 0 Å². The molecular formula is C23H19N3O3S3. The van der Waals surface area contributed by atoms with Gasteiger partial charge in [-0.15, -0.1) is 11.3 Å². The molecule has 0 fully saturated rings. The van der Waals surface area contributed by atoms with Crippen LogP contribution in [0.3, 0.4) is 0 Å². The Morgan fingerprint density at radius 1 is 1.12 bits per heavy atom. The molecule has 0 unspecified atom stereocenters. The molecule has 0 amide bonds. The standard InChI is InChI=1S/C23H19N3O3S3/c1-32(28,29)26-11-10-15-13-16(8-9-19(15)26)20(27)14-31-23-17-5-2-3-6-18(17)24-22(25-23)21-7-4-12-30-21/h2-9,12-13H,10-11,14H2,1H3. The number of fused-ring (bicyclic) bond motifs is 2. The molecule has 1 aliphatic rings. The lowest BCUT2D eigenvalue weighted by molar-refractivity contribution is 0.102. The minimum atomic E-state index is -3.31. The van der Waals surface area contributed by atoms with Crippen LogP contribution in [0, 0.1) is 0 Å². The Morgan fingerprint density at radius 3 is 2.75 bits per heavy atom. The fraction of sp³-hybridized carbons (Fsp3) is 0.174. The van der Waals surface area contributed by atoms with Gasteiger partial charge in [-0.3, -0.25) is 9.10 Å². The summed E-state index contributed by atoms with van der Waals surface area (Å²) in [6.07, 6.45) is 1.81. The molecule has 0 N–H and O–H groups in total. The van der Waals surface area contributed by atoms with Crippen molar-refractivity contribution in [2.24, 2.45) is 0 Å². The van der Waals surface area contributed by atoms with Crippen molar-refractivity contribution in [2.45, 2.75) is 11.4 Å². The Kier molecular flexibility index (Phi) is 5.48. The van der Waals surface area contributed by atoms with Crippen LogP contribution in [-0.2, 0) is 16.4 Å².